The molecule has 0 radical (unpaired) electrons. The van der Waals surface area contributed by atoms with Gasteiger partial charge in [-0.1, -0.05) is 18.3 Å². The van der Waals surface area contributed by atoms with Crippen molar-refractivity contribution in [1.29, 1.82) is 0 Å². The Balaban J connectivity index is 1.87. The molecule has 0 aliphatic heterocycles. The summed E-state index contributed by atoms with van der Waals surface area (Å²) in [6.07, 6.45) is 2.41. The molecule has 1 N–H and O–H groups in total. The fourth-order valence-electron chi connectivity index (χ4n) is 1.88. The topological polar surface area (TPSA) is 73.0 Å². The molecule has 0 saturated heterocycles. The second-order valence-corrected chi connectivity index (χ2v) is 5.13. The number of fused-ring (bicyclic) bond motifs is 1. The van der Waals surface area contributed by atoms with E-state index < -0.39 is 0 Å². The first kappa shape index (κ1) is 11.9. The number of aryl methyl sites for hydroxylation is 2. The molecule has 0 saturated carbocycles. The Morgan fingerprint density at radius 2 is 2.37 bits per heavy atom. The predicted octanol–water partition coefficient (Wildman–Crippen LogP) is 2.44. The van der Waals surface area contributed by atoms with Crippen LogP contribution in [0.3, 0.4) is 0 Å². The number of nitrogens with zero attached hydrogens (tertiary/aromatic N) is 3. The highest BCUT2D eigenvalue weighted by molar-refractivity contribution is 7.15. The standard InChI is InChI=1S/C12H12N4O2S/c1-3-10-14-15-12(19-10)13-11(17)8-6-9-7(16(8)2)4-5-18-9/h4-6H,3H2,1-2H3,(H,13,15,17). The highest BCUT2D eigenvalue weighted by atomic mass is 32.1. The van der Waals surface area contributed by atoms with Gasteiger partial charge in [0.05, 0.1) is 11.8 Å². The molecule has 0 spiro atoms. The van der Waals surface area contributed by atoms with Crippen LogP contribution in [0.5, 0.6) is 0 Å². The highest BCUT2D eigenvalue weighted by Crippen LogP contribution is 2.21. The zero-order valence-electron chi connectivity index (χ0n) is 10.5. The van der Waals surface area contributed by atoms with Gasteiger partial charge in [-0.3, -0.25) is 10.1 Å². The SMILES string of the molecule is CCc1nnc(NC(=O)c2cc3occc3n2C)s1. The molecule has 3 heterocycles. The minimum Gasteiger partial charge on any atom is -0.463 e. The van der Waals surface area contributed by atoms with E-state index in [2.05, 4.69) is 15.5 Å². The zero-order chi connectivity index (χ0) is 13.4. The Labute approximate surface area is 113 Å². The van der Waals surface area contributed by atoms with Crippen LogP contribution in [0.4, 0.5) is 5.13 Å². The van der Waals surface area contributed by atoms with Crippen molar-refractivity contribution < 1.29 is 9.21 Å². The molecule has 7 heteroatoms. The summed E-state index contributed by atoms with van der Waals surface area (Å²) in [5.41, 5.74) is 2.11. The lowest BCUT2D eigenvalue weighted by Crippen LogP contribution is -2.15. The molecular weight excluding hydrogens is 264 g/mol. The number of anilines is 1. The van der Waals surface area contributed by atoms with Crippen LogP contribution in [-0.4, -0.2) is 20.7 Å². The van der Waals surface area contributed by atoms with E-state index in [4.69, 9.17) is 4.42 Å². The van der Waals surface area contributed by atoms with Gasteiger partial charge >= 0.3 is 0 Å². The average molecular weight is 276 g/mol. The van der Waals surface area contributed by atoms with Crippen molar-refractivity contribution in [2.45, 2.75) is 13.3 Å². The van der Waals surface area contributed by atoms with Crippen molar-refractivity contribution in [3.05, 3.63) is 29.1 Å². The Morgan fingerprint density at radius 1 is 1.53 bits per heavy atom. The number of carbonyl (C=O) groups excluding carboxylic acids is 1. The molecule has 0 aliphatic carbocycles. The maximum absolute atomic E-state index is 12.2. The number of hydrogen-bond donors (Lipinski definition) is 1. The Bertz CT molecular complexity index is 740. The zero-order valence-corrected chi connectivity index (χ0v) is 11.3. The molecule has 3 aromatic rings. The molecule has 1 amide bonds. The quantitative estimate of drug-likeness (QED) is 0.797. The molecule has 19 heavy (non-hydrogen) atoms. The van der Waals surface area contributed by atoms with Crippen LogP contribution in [0.1, 0.15) is 22.4 Å². The van der Waals surface area contributed by atoms with E-state index in [1.165, 1.54) is 11.3 Å². The van der Waals surface area contributed by atoms with Gasteiger partial charge in [-0.05, 0) is 6.42 Å². The smallest absolute Gasteiger partial charge is 0.274 e. The fraction of sp³-hybridized carbons (Fsp3) is 0.250. The Hall–Kier alpha value is -2.15. The maximum atomic E-state index is 12.2. The molecule has 0 unspecified atom stereocenters. The molecule has 0 fully saturated rings. The Kier molecular flexibility index (Phi) is 2.83. The molecule has 0 aromatic carbocycles. The summed E-state index contributed by atoms with van der Waals surface area (Å²) in [7, 11) is 1.82. The lowest BCUT2D eigenvalue weighted by atomic mass is 10.4. The third-order valence-corrected chi connectivity index (χ3v) is 3.87. The van der Waals surface area contributed by atoms with Crippen LogP contribution in [0, 0.1) is 0 Å². The van der Waals surface area contributed by atoms with Crippen molar-refractivity contribution in [1.82, 2.24) is 14.8 Å². The summed E-state index contributed by atoms with van der Waals surface area (Å²) < 4.78 is 7.06. The maximum Gasteiger partial charge on any atom is 0.274 e. The molecule has 98 valence electrons. The number of hydrogen-bond acceptors (Lipinski definition) is 5. The summed E-state index contributed by atoms with van der Waals surface area (Å²) in [6.45, 7) is 2.00. The van der Waals surface area contributed by atoms with Crippen LogP contribution in [0.15, 0.2) is 22.8 Å². The third kappa shape index (κ3) is 2.01. The summed E-state index contributed by atoms with van der Waals surface area (Å²) >= 11 is 1.38. The largest absolute Gasteiger partial charge is 0.463 e. The second-order valence-electron chi connectivity index (χ2n) is 4.07. The van der Waals surface area contributed by atoms with Crippen LogP contribution >= 0.6 is 11.3 Å². The fourth-order valence-corrected chi connectivity index (χ4v) is 2.55. The monoisotopic (exact) mass is 276 g/mol. The molecule has 3 aromatic heterocycles. The second kappa shape index (κ2) is 4.51. The van der Waals surface area contributed by atoms with Gasteiger partial charge in [-0.25, -0.2) is 0 Å². The molecule has 3 rings (SSSR count). The third-order valence-electron chi connectivity index (χ3n) is 2.89. The van der Waals surface area contributed by atoms with Crippen LogP contribution in [-0.2, 0) is 13.5 Å². The van der Waals surface area contributed by atoms with E-state index in [0.717, 1.165) is 16.9 Å². The lowest BCUT2D eigenvalue weighted by molar-refractivity contribution is 0.101. The first-order valence-corrected chi connectivity index (χ1v) is 6.67. The van der Waals surface area contributed by atoms with E-state index in [1.54, 1.807) is 16.9 Å². The van der Waals surface area contributed by atoms with E-state index in [1.807, 2.05) is 20.0 Å². The van der Waals surface area contributed by atoms with Crippen LogP contribution in [0.25, 0.3) is 11.1 Å². The molecule has 0 aliphatic rings. The van der Waals surface area contributed by atoms with Crippen molar-refractivity contribution >= 4 is 33.5 Å². The molecule has 6 nitrogen and oxygen atoms in total. The van der Waals surface area contributed by atoms with Gasteiger partial charge in [0.25, 0.3) is 5.91 Å². The van der Waals surface area contributed by atoms with Crippen molar-refractivity contribution in [2.24, 2.45) is 7.05 Å². The summed E-state index contributed by atoms with van der Waals surface area (Å²) in [5, 5.41) is 12.1. The normalized spacial score (nSPS) is 11.1. The number of aromatic nitrogens is 3. The molecule has 0 atom stereocenters. The lowest BCUT2D eigenvalue weighted by Gasteiger charge is -2.02. The number of nitrogens with one attached hydrogen (secondary N) is 1. The number of furan rings is 1. The van der Waals surface area contributed by atoms with Crippen LogP contribution < -0.4 is 5.32 Å². The summed E-state index contributed by atoms with van der Waals surface area (Å²) in [6, 6.07) is 3.54. The van der Waals surface area contributed by atoms with Gasteiger partial charge in [0.2, 0.25) is 5.13 Å². The Morgan fingerprint density at radius 3 is 3.05 bits per heavy atom. The van der Waals surface area contributed by atoms with Gasteiger partial charge in [0.1, 0.15) is 10.7 Å². The van der Waals surface area contributed by atoms with E-state index in [0.29, 0.717) is 16.4 Å². The summed E-state index contributed by atoms with van der Waals surface area (Å²) in [4.78, 5) is 12.2. The first-order valence-electron chi connectivity index (χ1n) is 5.85. The number of carbonyl (C=O) groups is 1. The van der Waals surface area contributed by atoms with Crippen molar-refractivity contribution in [3.63, 3.8) is 0 Å². The van der Waals surface area contributed by atoms with Crippen LogP contribution in [0.2, 0.25) is 0 Å². The average Bonchev–Trinajstić information content (AvgIpc) is 3.07. The first-order chi connectivity index (χ1) is 9.19. The molecule has 0 bridgehead atoms. The highest BCUT2D eigenvalue weighted by Gasteiger charge is 2.16. The van der Waals surface area contributed by atoms with Crippen molar-refractivity contribution in [3.8, 4) is 0 Å². The van der Waals surface area contributed by atoms with Gasteiger partial charge < -0.3 is 8.98 Å². The van der Waals surface area contributed by atoms with Gasteiger partial charge in [0.15, 0.2) is 5.58 Å². The van der Waals surface area contributed by atoms with Gasteiger partial charge in [-0.2, -0.15) is 0 Å². The molecular formula is C12H12N4O2S. The predicted molar refractivity (Wildman–Crippen MR) is 72.4 cm³/mol. The number of rotatable bonds is 3. The van der Waals surface area contributed by atoms with E-state index in [9.17, 15) is 4.79 Å². The minimum absolute atomic E-state index is 0.215. The van der Waals surface area contributed by atoms with Gasteiger partial charge in [0, 0.05) is 19.2 Å². The minimum atomic E-state index is -0.215. The van der Waals surface area contributed by atoms with Gasteiger partial charge in [-0.15, -0.1) is 10.2 Å². The van der Waals surface area contributed by atoms with E-state index >= 15 is 0 Å². The summed E-state index contributed by atoms with van der Waals surface area (Å²) in [5.74, 6) is -0.215. The number of amides is 1. The van der Waals surface area contributed by atoms with E-state index in [-0.39, 0.29) is 5.91 Å². The van der Waals surface area contributed by atoms with Crippen molar-refractivity contribution in [2.75, 3.05) is 5.32 Å².